The Bertz CT molecular complexity index is 1370. The first-order chi connectivity index (χ1) is 12.2. The molecule has 0 saturated carbocycles. The first kappa shape index (κ1) is 15.8. The van der Waals surface area contributed by atoms with Crippen LogP contribution in [0, 0.1) is 13.8 Å². The Balaban J connectivity index is 1.96. The summed E-state index contributed by atoms with van der Waals surface area (Å²) in [6.07, 6.45) is 0. The summed E-state index contributed by atoms with van der Waals surface area (Å²) in [6.45, 7) is 3.70. The molecule has 130 valence electrons. The molecule has 0 fully saturated rings. The van der Waals surface area contributed by atoms with Gasteiger partial charge in [0.05, 0.1) is 19.6 Å². The van der Waals surface area contributed by atoms with Crippen LogP contribution in [0.3, 0.4) is 0 Å². The molecule has 3 aromatic rings. The van der Waals surface area contributed by atoms with Gasteiger partial charge in [-0.3, -0.25) is 0 Å². The summed E-state index contributed by atoms with van der Waals surface area (Å²) in [5, 5.41) is 0. The summed E-state index contributed by atoms with van der Waals surface area (Å²) in [5.74, 6) is 0. The van der Waals surface area contributed by atoms with E-state index in [1.165, 1.54) is 0 Å². The highest BCUT2D eigenvalue weighted by Gasteiger charge is 2.44. The molecule has 0 aliphatic carbocycles. The van der Waals surface area contributed by atoms with Crippen molar-refractivity contribution in [1.82, 2.24) is 0 Å². The van der Waals surface area contributed by atoms with Crippen LogP contribution in [0.25, 0.3) is 22.3 Å². The highest BCUT2D eigenvalue weighted by molar-refractivity contribution is 7.95. The third-order valence-corrected chi connectivity index (χ3v) is 8.99. The second kappa shape index (κ2) is 4.64. The van der Waals surface area contributed by atoms with E-state index in [9.17, 15) is 16.8 Å². The second-order valence-corrected chi connectivity index (χ2v) is 10.5. The van der Waals surface area contributed by atoms with E-state index in [1.54, 1.807) is 42.5 Å². The molecule has 0 spiro atoms. The van der Waals surface area contributed by atoms with Crippen molar-refractivity contribution < 1.29 is 16.8 Å². The van der Waals surface area contributed by atoms with E-state index in [0.29, 0.717) is 22.3 Å². The zero-order valence-corrected chi connectivity index (χ0v) is 15.7. The van der Waals surface area contributed by atoms with E-state index in [-0.39, 0.29) is 19.6 Å². The van der Waals surface area contributed by atoms with Crippen LogP contribution < -0.4 is 0 Å². The lowest BCUT2D eigenvalue weighted by molar-refractivity contribution is 0.587. The van der Waals surface area contributed by atoms with Crippen LogP contribution in [-0.2, 0) is 19.7 Å². The lowest BCUT2D eigenvalue weighted by Crippen LogP contribution is -2.05. The minimum atomic E-state index is -3.89. The maximum absolute atomic E-state index is 13.2. The van der Waals surface area contributed by atoms with Crippen LogP contribution in [0.1, 0.15) is 11.1 Å². The highest BCUT2D eigenvalue weighted by Crippen LogP contribution is 2.53. The van der Waals surface area contributed by atoms with E-state index in [0.717, 1.165) is 11.1 Å². The number of aryl methyl sites for hydroxylation is 2. The molecule has 2 heterocycles. The minimum Gasteiger partial charge on any atom is -0.218 e. The third-order valence-electron chi connectivity index (χ3n) is 5.08. The van der Waals surface area contributed by atoms with E-state index in [4.69, 9.17) is 0 Å². The van der Waals surface area contributed by atoms with Crippen molar-refractivity contribution in [3.8, 4) is 22.3 Å². The second-order valence-electron chi connectivity index (χ2n) is 6.83. The van der Waals surface area contributed by atoms with Crippen molar-refractivity contribution in [2.24, 2.45) is 0 Å². The lowest BCUT2D eigenvalue weighted by atomic mass is 9.99. The molecule has 4 nitrogen and oxygen atoms in total. The minimum absolute atomic E-state index is 0.0792. The van der Waals surface area contributed by atoms with Crippen LogP contribution in [0.5, 0.6) is 0 Å². The number of rotatable bonds is 0. The average molecular weight is 382 g/mol. The summed E-state index contributed by atoms with van der Waals surface area (Å²) in [4.78, 5) is 0.200. The monoisotopic (exact) mass is 382 g/mol. The van der Waals surface area contributed by atoms with Gasteiger partial charge in [0.15, 0.2) is 0 Å². The van der Waals surface area contributed by atoms with Crippen LogP contribution >= 0.6 is 0 Å². The van der Waals surface area contributed by atoms with Gasteiger partial charge in [-0.15, -0.1) is 0 Å². The molecule has 2 aliphatic rings. The Morgan fingerprint density at radius 3 is 1.73 bits per heavy atom. The molecule has 3 aromatic carbocycles. The van der Waals surface area contributed by atoms with Crippen LogP contribution in [0.15, 0.2) is 68.1 Å². The quantitative estimate of drug-likeness (QED) is 0.407. The highest BCUT2D eigenvalue weighted by atomic mass is 32.2. The average Bonchev–Trinajstić information content (AvgIpc) is 2.94. The first-order valence-corrected chi connectivity index (χ1v) is 11.1. The zero-order chi connectivity index (χ0) is 18.4. The summed E-state index contributed by atoms with van der Waals surface area (Å²) in [7, 11) is -7.78. The predicted molar refractivity (Wildman–Crippen MR) is 97.7 cm³/mol. The molecular formula is C20H14O4S2. The molecule has 0 aromatic heterocycles. The molecule has 6 heteroatoms. The van der Waals surface area contributed by atoms with E-state index in [1.807, 2.05) is 19.9 Å². The number of benzene rings is 3. The molecule has 26 heavy (non-hydrogen) atoms. The largest absolute Gasteiger partial charge is 0.218 e. The molecular weight excluding hydrogens is 368 g/mol. The Morgan fingerprint density at radius 2 is 1.04 bits per heavy atom. The third kappa shape index (κ3) is 1.73. The van der Waals surface area contributed by atoms with Gasteiger partial charge in [-0.05, 0) is 31.5 Å². The van der Waals surface area contributed by atoms with Crippen molar-refractivity contribution in [1.29, 1.82) is 0 Å². The standard InChI is InChI=1S/C20H14O4S2/c1-11-4-8-17-16(9-11)15-7-6-14-13-5-3-12(2)10-18(13)26(23,24)19(14)20(15)25(17,21)22/h3-10H,1-2H3. The molecule has 0 N–H and O–H groups in total. The number of sulfone groups is 2. The van der Waals surface area contributed by atoms with E-state index in [2.05, 4.69) is 0 Å². The summed E-state index contributed by atoms with van der Waals surface area (Å²) >= 11 is 0. The number of fused-ring (bicyclic) bond motifs is 7. The maximum Gasteiger partial charge on any atom is 0.209 e. The topological polar surface area (TPSA) is 68.3 Å². The van der Waals surface area contributed by atoms with Gasteiger partial charge in [-0.1, -0.05) is 42.0 Å². The maximum atomic E-state index is 13.2. The summed E-state index contributed by atoms with van der Waals surface area (Å²) in [5.41, 5.74) is 3.82. The predicted octanol–water partition coefficient (Wildman–Crippen LogP) is 3.93. The fraction of sp³-hybridized carbons (Fsp3) is 0.100. The summed E-state index contributed by atoms with van der Waals surface area (Å²) in [6, 6.07) is 13.7. The Labute approximate surface area is 152 Å². The molecule has 0 unspecified atom stereocenters. The number of hydrogen-bond donors (Lipinski definition) is 0. The van der Waals surface area contributed by atoms with Crippen molar-refractivity contribution in [2.75, 3.05) is 0 Å². The van der Waals surface area contributed by atoms with Gasteiger partial charge in [-0.25, -0.2) is 16.8 Å². The summed E-state index contributed by atoms with van der Waals surface area (Å²) < 4.78 is 52.8. The van der Waals surface area contributed by atoms with Gasteiger partial charge in [0.2, 0.25) is 19.7 Å². The number of hydrogen-bond acceptors (Lipinski definition) is 4. The van der Waals surface area contributed by atoms with Crippen molar-refractivity contribution in [2.45, 2.75) is 33.4 Å². The smallest absolute Gasteiger partial charge is 0.209 e. The van der Waals surface area contributed by atoms with Gasteiger partial charge in [-0.2, -0.15) is 0 Å². The Morgan fingerprint density at radius 1 is 0.538 bits per heavy atom. The molecule has 5 rings (SSSR count). The van der Waals surface area contributed by atoms with Gasteiger partial charge in [0.25, 0.3) is 0 Å². The fourth-order valence-electron chi connectivity index (χ4n) is 3.90. The van der Waals surface area contributed by atoms with Crippen molar-refractivity contribution in [3.63, 3.8) is 0 Å². The molecule has 0 radical (unpaired) electrons. The SMILES string of the molecule is Cc1ccc2c(c1)-c1ccc3c(c1S2(=O)=O)S(=O)(=O)c1cc(C)ccc1-3. The van der Waals surface area contributed by atoms with Gasteiger partial charge in [0, 0.05) is 22.3 Å². The normalized spacial score (nSPS) is 17.3. The molecule has 0 bridgehead atoms. The Kier molecular flexibility index (Phi) is 2.81. The van der Waals surface area contributed by atoms with Crippen molar-refractivity contribution >= 4 is 19.7 Å². The Hall–Kier alpha value is -2.44. The fourth-order valence-corrected chi connectivity index (χ4v) is 8.16. The van der Waals surface area contributed by atoms with Gasteiger partial charge < -0.3 is 0 Å². The molecule has 0 atom stereocenters. The molecule has 0 saturated heterocycles. The van der Waals surface area contributed by atoms with E-state index < -0.39 is 19.7 Å². The van der Waals surface area contributed by atoms with E-state index >= 15 is 0 Å². The van der Waals surface area contributed by atoms with Crippen LogP contribution in [-0.4, -0.2) is 16.8 Å². The van der Waals surface area contributed by atoms with Gasteiger partial charge >= 0.3 is 0 Å². The first-order valence-electron chi connectivity index (χ1n) is 8.12. The van der Waals surface area contributed by atoms with Crippen molar-refractivity contribution in [3.05, 3.63) is 59.7 Å². The lowest BCUT2D eigenvalue weighted by Gasteiger charge is -2.06. The van der Waals surface area contributed by atoms with Crippen LogP contribution in [0.4, 0.5) is 0 Å². The van der Waals surface area contributed by atoms with Gasteiger partial charge in [0.1, 0.15) is 0 Å². The molecule has 2 aliphatic heterocycles. The molecule has 0 amide bonds. The van der Waals surface area contributed by atoms with Crippen LogP contribution in [0.2, 0.25) is 0 Å². The zero-order valence-electron chi connectivity index (χ0n) is 14.1.